The van der Waals surface area contributed by atoms with Crippen molar-refractivity contribution in [2.45, 2.75) is 0 Å². The first-order valence-electron chi connectivity index (χ1n) is 5.34. The second-order valence-electron chi connectivity index (χ2n) is 4.24. The Kier molecular flexibility index (Phi) is 7.64. The highest BCUT2D eigenvalue weighted by molar-refractivity contribution is 14.1. The summed E-state index contributed by atoms with van der Waals surface area (Å²) in [5.41, 5.74) is 0. The largest absolute Gasteiger partial charge is 0.512 e. The van der Waals surface area contributed by atoms with E-state index in [-0.39, 0.29) is 0 Å². The number of rotatable bonds is 7. The number of alkyl halides is 1. The maximum absolute atomic E-state index is 6.16. The van der Waals surface area contributed by atoms with Crippen LogP contribution in [0.3, 0.4) is 0 Å². The molecular formula is C10H24IN3O2Si. The van der Waals surface area contributed by atoms with Crippen molar-refractivity contribution in [1.82, 2.24) is 13.7 Å². The van der Waals surface area contributed by atoms with E-state index in [9.17, 15) is 0 Å². The van der Waals surface area contributed by atoms with Gasteiger partial charge in [0.15, 0.2) is 0 Å². The van der Waals surface area contributed by atoms with Crippen LogP contribution in [-0.2, 0) is 9.16 Å². The minimum Gasteiger partial charge on any atom is -0.479 e. The number of hydrogen-bond acceptors (Lipinski definition) is 5. The van der Waals surface area contributed by atoms with Crippen LogP contribution in [0.4, 0.5) is 0 Å². The van der Waals surface area contributed by atoms with Crippen LogP contribution in [0.1, 0.15) is 0 Å². The monoisotopic (exact) mass is 373 g/mol. The molecule has 0 aliphatic carbocycles. The average Bonchev–Trinajstić information content (AvgIpc) is 2.22. The summed E-state index contributed by atoms with van der Waals surface area (Å²) >= 11 is 2.27. The van der Waals surface area contributed by atoms with Gasteiger partial charge in [-0.1, -0.05) is 22.6 Å². The van der Waals surface area contributed by atoms with E-state index in [0.29, 0.717) is 5.95 Å². The Hall–Kier alpha value is 0.167. The second-order valence-corrected chi connectivity index (χ2v) is 9.16. The number of allylic oxidation sites excluding steroid dienone is 1. The molecule has 0 atom stereocenters. The van der Waals surface area contributed by atoms with Gasteiger partial charge in [-0.2, -0.15) is 0 Å². The van der Waals surface area contributed by atoms with Crippen molar-refractivity contribution in [1.29, 1.82) is 0 Å². The third-order valence-corrected chi connectivity index (χ3v) is 6.84. The van der Waals surface area contributed by atoms with Crippen molar-refractivity contribution >= 4 is 31.4 Å². The molecule has 0 heterocycles. The fourth-order valence-electron chi connectivity index (χ4n) is 1.84. The average molecular weight is 373 g/mol. The Morgan fingerprint density at radius 1 is 1.06 bits per heavy atom. The number of ether oxygens (including phenoxy) is 1. The summed E-state index contributed by atoms with van der Waals surface area (Å²) in [6.07, 6.45) is 1.94. The maximum Gasteiger partial charge on any atom is 0.512 e. The third kappa shape index (κ3) is 4.09. The summed E-state index contributed by atoms with van der Waals surface area (Å²) in [7, 11) is 11.5. The smallest absolute Gasteiger partial charge is 0.479 e. The summed E-state index contributed by atoms with van der Waals surface area (Å²) in [4.78, 5) is 0. The molecule has 0 unspecified atom stereocenters. The van der Waals surface area contributed by atoms with Crippen molar-refractivity contribution in [3.63, 3.8) is 0 Å². The van der Waals surface area contributed by atoms with Crippen LogP contribution in [0.2, 0.25) is 0 Å². The van der Waals surface area contributed by atoms with Gasteiger partial charge in [0, 0.05) is 10.5 Å². The predicted molar refractivity (Wildman–Crippen MR) is 81.9 cm³/mol. The molecule has 0 saturated carbocycles. The zero-order valence-corrected chi connectivity index (χ0v) is 15.0. The van der Waals surface area contributed by atoms with E-state index in [1.54, 1.807) is 7.11 Å². The molecule has 0 rings (SSSR count). The summed E-state index contributed by atoms with van der Waals surface area (Å²) in [5.74, 6) is 0.585. The highest BCUT2D eigenvalue weighted by Gasteiger charge is 2.49. The van der Waals surface area contributed by atoms with Gasteiger partial charge in [-0.15, -0.1) is 0 Å². The van der Waals surface area contributed by atoms with Gasteiger partial charge in [-0.25, -0.2) is 0 Å². The molecule has 0 aliphatic rings. The predicted octanol–water partition coefficient (Wildman–Crippen LogP) is 1.05. The molecule has 0 saturated heterocycles. The standard InChI is InChI=1S/C10H24IN3O2Si/c1-12(2)17(13(3)4,14(5)6)16-10(15-7)8-9-11/h8H,9H2,1-7H3. The molecule has 0 aromatic rings. The summed E-state index contributed by atoms with van der Waals surface area (Å²) < 4.78 is 18.7. The first kappa shape index (κ1) is 17.2. The van der Waals surface area contributed by atoms with Crippen LogP contribution in [0.15, 0.2) is 12.0 Å². The Labute approximate surface area is 120 Å². The molecule has 0 aromatic carbocycles. The van der Waals surface area contributed by atoms with Gasteiger partial charge in [0.05, 0.1) is 7.11 Å². The first-order chi connectivity index (χ1) is 7.82. The van der Waals surface area contributed by atoms with Gasteiger partial charge >= 0.3 is 8.80 Å². The van der Waals surface area contributed by atoms with Gasteiger partial charge in [0.25, 0.3) is 5.95 Å². The summed E-state index contributed by atoms with van der Waals surface area (Å²) in [5, 5.41) is 0. The van der Waals surface area contributed by atoms with Crippen molar-refractivity contribution < 1.29 is 9.16 Å². The van der Waals surface area contributed by atoms with Crippen molar-refractivity contribution in [2.24, 2.45) is 0 Å². The van der Waals surface area contributed by atoms with E-state index in [2.05, 4.69) is 36.3 Å². The van der Waals surface area contributed by atoms with Crippen LogP contribution >= 0.6 is 22.6 Å². The Balaban J connectivity index is 5.24. The Morgan fingerprint density at radius 3 is 1.71 bits per heavy atom. The van der Waals surface area contributed by atoms with E-state index < -0.39 is 8.80 Å². The molecule has 0 aliphatic heterocycles. The molecule has 0 bridgehead atoms. The molecule has 0 radical (unpaired) electrons. The SMILES string of the molecule is COC(=CCI)O[Si](N(C)C)(N(C)C)N(C)C. The lowest BCUT2D eigenvalue weighted by Gasteiger charge is -2.44. The molecule has 0 spiro atoms. The fourth-order valence-corrected chi connectivity index (χ4v) is 5.58. The van der Waals surface area contributed by atoms with Crippen molar-refractivity contribution in [2.75, 3.05) is 53.8 Å². The van der Waals surface area contributed by atoms with E-state index >= 15 is 0 Å². The minimum atomic E-state index is -2.35. The summed E-state index contributed by atoms with van der Waals surface area (Å²) in [6, 6.07) is 0. The van der Waals surface area contributed by atoms with E-state index in [1.165, 1.54) is 0 Å². The van der Waals surface area contributed by atoms with Crippen LogP contribution in [0, 0.1) is 0 Å². The number of methoxy groups -OCH3 is 1. The maximum atomic E-state index is 6.16. The molecule has 5 nitrogen and oxygen atoms in total. The second kappa shape index (κ2) is 7.57. The zero-order chi connectivity index (χ0) is 13.6. The van der Waals surface area contributed by atoms with Crippen molar-refractivity contribution in [3.05, 3.63) is 12.0 Å². The van der Waals surface area contributed by atoms with Crippen LogP contribution < -0.4 is 0 Å². The highest BCUT2D eigenvalue weighted by Crippen LogP contribution is 2.19. The molecule has 0 aromatic heterocycles. The van der Waals surface area contributed by atoms with Crippen molar-refractivity contribution in [3.8, 4) is 0 Å². The molecular weight excluding hydrogens is 349 g/mol. The van der Waals surface area contributed by atoms with E-state index in [4.69, 9.17) is 9.16 Å². The van der Waals surface area contributed by atoms with Crippen LogP contribution in [0.5, 0.6) is 0 Å². The van der Waals surface area contributed by atoms with Crippen LogP contribution in [-0.4, -0.2) is 76.3 Å². The Bertz CT molecular complexity index is 238. The third-order valence-electron chi connectivity index (χ3n) is 2.43. The van der Waals surface area contributed by atoms with Crippen LogP contribution in [0.25, 0.3) is 0 Å². The minimum absolute atomic E-state index is 0.585. The fraction of sp³-hybridized carbons (Fsp3) is 0.800. The lowest BCUT2D eigenvalue weighted by molar-refractivity contribution is 0.0943. The first-order valence-corrected chi connectivity index (χ1v) is 8.61. The Morgan fingerprint density at radius 2 is 1.47 bits per heavy atom. The molecule has 0 amide bonds. The number of halogens is 1. The lowest BCUT2D eigenvalue weighted by Crippen LogP contribution is -2.71. The normalized spacial score (nSPS) is 13.7. The lowest BCUT2D eigenvalue weighted by atomic mass is 10.7. The zero-order valence-electron chi connectivity index (χ0n) is 11.8. The molecule has 0 fully saturated rings. The van der Waals surface area contributed by atoms with E-state index in [1.807, 2.05) is 48.4 Å². The quantitative estimate of drug-likeness (QED) is 0.288. The molecule has 7 heteroatoms. The van der Waals surface area contributed by atoms with Gasteiger partial charge in [-0.05, 0) is 42.3 Å². The van der Waals surface area contributed by atoms with Gasteiger partial charge in [0.2, 0.25) is 0 Å². The number of nitrogens with zero attached hydrogens (tertiary/aromatic N) is 3. The van der Waals surface area contributed by atoms with Gasteiger partial charge in [-0.3, -0.25) is 13.7 Å². The molecule has 102 valence electrons. The van der Waals surface area contributed by atoms with Gasteiger partial charge < -0.3 is 9.16 Å². The van der Waals surface area contributed by atoms with Gasteiger partial charge in [0.1, 0.15) is 0 Å². The summed E-state index contributed by atoms with van der Waals surface area (Å²) in [6.45, 7) is 0. The highest BCUT2D eigenvalue weighted by atomic mass is 127. The number of hydrogen-bond donors (Lipinski definition) is 0. The molecule has 17 heavy (non-hydrogen) atoms. The molecule has 0 N–H and O–H groups in total. The topological polar surface area (TPSA) is 28.2 Å². The van der Waals surface area contributed by atoms with E-state index in [0.717, 1.165) is 4.43 Å².